The highest BCUT2D eigenvalue weighted by Crippen LogP contribution is 2.55. The zero-order chi connectivity index (χ0) is 27.9. The molecule has 0 radical (unpaired) electrons. The van der Waals surface area contributed by atoms with Gasteiger partial charge in [-0.1, -0.05) is 30.3 Å². The summed E-state index contributed by atoms with van der Waals surface area (Å²) in [6.45, 7) is 0.725. The van der Waals surface area contributed by atoms with Crippen molar-refractivity contribution in [3.05, 3.63) is 47.5 Å². The average molecular weight is 604 g/mol. The van der Waals surface area contributed by atoms with Crippen molar-refractivity contribution in [1.82, 2.24) is 19.5 Å². The minimum absolute atomic E-state index is 0.0454. The van der Waals surface area contributed by atoms with Crippen LogP contribution in [-0.2, 0) is 18.4 Å². The Balaban J connectivity index is 1.33. The number of rotatable bonds is 8. The van der Waals surface area contributed by atoms with Gasteiger partial charge in [-0.15, -0.1) is 0 Å². The number of imidazole rings is 1. The number of aliphatic hydroxyl groups is 2. The monoisotopic (exact) mass is 603 g/mol. The zero-order valence-electron chi connectivity index (χ0n) is 20.5. The van der Waals surface area contributed by atoms with Crippen LogP contribution in [0.4, 0.5) is 5.82 Å². The number of piperidine rings is 1. The number of nitrogens with zero attached hydrogens (tertiary/aromatic N) is 5. The standard InChI is InChI=1S/C22H28ClN5O9P2/c23-22-25-19(27-8-6-14(7-9-27)13-4-2-1-3-5-13)16-20(26-22)28(11-24-16)21-18(30)17(29)15(37-21)10-36-39(34,35)12-38(31,32)33/h1-5,11,14-15,17-18,21,29-30H,6-10,12H2,(H,34,35)(H2,31,32,33)/t15-,17?,18?,21-/m1/s1. The van der Waals surface area contributed by atoms with Gasteiger partial charge >= 0.3 is 15.2 Å². The zero-order valence-corrected chi connectivity index (χ0v) is 23.0. The van der Waals surface area contributed by atoms with Gasteiger partial charge in [0.15, 0.2) is 29.1 Å². The molecule has 4 heterocycles. The van der Waals surface area contributed by atoms with E-state index in [9.17, 15) is 24.2 Å². The third kappa shape index (κ3) is 6.36. The summed E-state index contributed by atoms with van der Waals surface area (Å²) >= 11 is 6.26. The number of hydrogen-bond acceptors (Lipinski definition) is 10. The molecule has 5 rings (SSSR count). The maximum absolute atomic E-state index is 12.0. The van der Waals surface area contributed by atoms with Crippen molar-refractivity contribution in [3.63, 3.8) is 0 Å². The molecule has 2 aliphatic rings. The molecule has 5 N–H and O–H groups in total. The van der Waals surface area contributed by atoms with Crippen LogP contribution in [0.5, 0.6) is 0 Å². The fourth-order valence-electron chi connectivity index (χ4n) is 4.99. The Morgan fingerprint density at radius 3 is 2.41 bits per heavy atom. The molecular formula is C22H28ClN5O9P2. The highest BCUT2D eigenvalue weighted by Gasteiger charge is 2.46. The molecule has 3 aromatic rings. The average Bonchev–Trinajstić information content (AvgIpc) is 3.42. The van der Waals surface area contributed by atoms with Crippen LogP contribution >= 0.6 is 26.8 Å². The van der Waals surface area contributed by atoms with E-state index in [0.29, 0.717) is 30.3 Å². The second-order valence-electron chi connectivity index (χ2n) is 9.60. The van der Waals surface area contributed by atoms with Crippen molar-refractivity contribution < 1.29 is 43.3 Å². The van der Waals surface area contributed by atoms with Gasteiger partial charge < -0.3 is 39.1 Å². The maximum Gasteiger partial charge on any atom is 0.340 e. The first kappa shape index (κ1) is 28.6. The van der Waals surface area contributed by atoms with Crippen LogP contribution in [-0.4, -0.2) is 88.3 Å². The van der Waals surface area contributed by atoms with E-state index >= 15 is 0 Å². The molecule has 2 saturated heterocycles. The van der Waals surface area contributed by atoms with Crippen molar-refractivity contribution in [2.45, 2.75) is 43.3 Å². The summed E-state index contributed by atoms with van der Waals surface area (Å²) in [6.07, 6.45) is -2.36. The van der Waals surface area contributed by atoms with Crippen molar-refractivity contribution in [3.8, 4) is 0 Å². The number of aromatic nitrogens is 4. The van der Waals surface area contributed by atoms with Crippen LogP contribution in [0.25, 0.3) is 11.2 Å². The van der Waals surface area contributed by atoms with Gasteiger partial charge in [-0.2, -0.15) is 9.97 Å². The second kappa shape index (κ2) is 11.1. The number of halogens is 1. The van der Waals surface area contributed by atoms with Gasteiger partial charge in [0.2, 0.25) is 5.28 Å². The lowest BCUT2D eigenvalue weighted by Crippen LogP contribution is -2.34. The first-order valence-corrected chi connectivity index (χ1v) is 16.1. The molecule has 3 unspecified atom stereocenters. The largest absolute Gasteiger partial charge is 0.387 e. The van der Waals surface area contributed by atoms with Crippen molar-refractivity contribution in [1.29, 1.82) is 0 Å². The molecule has 14 nitrogen and oxygen atoms in total. The summed E-state index contributed by atoms with van der Waals surface area (Å²) in [5, 5.41) is 21.1. The van der Waals surface area contributed by atoms with Crippen LogP contribution in [0.2, 0.25) is 5.28 Å². The van der Waals surface area contributed by atoms with Crippen LogP contribution in [0, 0.1) is 0 Å². The molecule has 0 aliphatic carbocycles. The molecule has 2 aromatic heterocycles. The maximum atomic E-state index is 12.0. The van der Waals surface area contributed by atoms with E-state index in [2.05, 4.69) is 32.0 Å². The van der Waals surface area contributed by atoms with E-state index in [1.807, 2.05) is 18.2 Å². The Morgan fingerprint density at radius 1 is 1.05 bits per heavy atom. The summed E-state index contributed by atoms with van der Waals surface area (Å²) in [5.41, 5.74) is 1.96. The summed E-state index contributed by atoms with van der Waals surface area (Å²) in [6, 6.07) is 10.3. The Morgan fingerprint density at radius 2 is 1.74 bits per heavy atom. The highest BCUT2D eigenvalue weighted by atomic mass is 35.5. The number of ether oxygens (including phenoxy) is 1. The molecule has 5 atom stereocenters. The molecule has 39 heavy (non-hydrogen) atoms. The predicted octanol–water partition coefficient (Wildman–Crippen LogP) is 1.82. The van der Waals surface area contributed by atoms with E-state index in [-0.39, 0.29) is 10.9 Å². The lowest BCUT2D eigenvalue weighted by atomic mass is 9.89. The quantitative estimate of drug-likeness (QED) is 0.184. The predicted molar refractivity (Wildman–Crippen MR) is 140 cm³/mol. The molecule has 0 bridgehead atoms. The number of benzene rings is 1. The third-order valence-corrected chi connectivity index (χ3v) is 10.5. The molecule has 2 fully saturated rings. The fraction of sp³-hybridized carbons (Fsp3) is 0.500. The molecule has 2 aliphatic heterocycles. The number of fused-ring (bicyclic) bond motifs is 1. The van der Waals surface area contributed by atoms with Crippen molar-refractivity contribution in [2.24, 2.45) is 0 Å². The molecule has 0 spiro atoms. The van der Waals surface area contributed by atoms with E-state index in [1.165, 1.54) is 16.5 Å². The molecule has 0 saturated carbocycles. The van der Waals surface area contributed by atoms with E-state index in [0.717, 1.165) is 12.8 Å². The Kier molecular flexibility index (Phi) is 8.16. The molecule has 0 amide bonds. The van der Waals surface area contributed by atoms with Gasteiger partial charge in [-0.05, 0) is 35.9 Å². The van der Waals surface area contributed by atoms with Crippen LogP contribution in [0.15, 0.2) is 36.7 Å². The van der Waals surface area contributed by atoms with E-state index in [1.54, 1.807) is 0 Å². The summed E-state index contributed by atoms with van der Waals surface area (Å²) in [5.74, 6) is -0.435. The lowest BCUT2D eigenvalue weighted by Gasteiger charge is -2.33. The number of aliphatic hydroxyl groups excluding tert-OH is 2. The SMILES string of the molecule is O=P(O)(O)CP(=O)(O)OC[C@H]1O[C@@H](n2cnc3c(N4CCC(c5ccccc5)CC4)nc(Cl)nc32)C(O)C1O. The molecule has 1 aromatic carbocycles. The van der Waals surface area contributed by atoms with Crippen LogP contribution in [0.3, 0.4) is 0 Å². The normalized spacial score (nSPS) is 26.3. The van der Waals surface area contributed by atoms with E-state index < -0.39 is 52.2 Å². The fourth-order valence-corrected chi connectivity index (χ4v) is 7.72. The van der Waals surface area contributed by atoms with Gasteiger partial charge in [0, 0.05) is 13.1 Å². The summed E-state index contributed by atoms with van der Waals surface area (Å²) in [7, 11) is -9.51. The lowest BCUT2D eigenvalue weighted by molar-refractivity contribution is -0.0483. The van der Waals surface area contributed by atoms with Gasteiger partial charge in [0.05, 0.1) is 12.9 Å². The highest BCUT2D eigenvalue weighted by molar-refractivity contribution is 7.70. The van der Waals surface area contributed by atoms with Crippen LogP contribution < -0.4 is 4.90 Å². The number of anilines is 1. The topological polar surface area (TPSA) is 201 Å². The smallest absolute Gasteiger partial charge is 0.340 e. The molecule has 212 valence electrons. The summed E-state index contributed by atoms with van der Waals surface area (Å²) < 4.78 is 34.9. The minimum Gasteiger partial charge on any atom is -0.387 e. The first-order valence-electron chi connectivity index (χ1n) is 12.1. The van der Waals surface area contributed by atoms with Crippen LogP contribution in [0.1, 0.15) is 30.6 Å². The van der Waals surface area contributed by atoms with Crippen molar-refractivity contribution >= 4 is 43.8 Å². The Bertz CT molecular complexity index is 1420. The van der Waals surface area contributed by atoms with Gasteiger partial charge in [-0.25, -0.2) is 4.98 Å². The third-order valence-electron chi connectivity index (χ3n) is 6.86. The Labute approximate surface area is 227 Å². The minimum atomic E-state index is -4.83. The van der Waals surface area contributed by atoms with Crippen molar-refractivity contribution in [2.75, 3.05) is 30.5 Å². The molecule has 17 heteroatoms. The van der Waals surface area contributed by atoms with E-state index in [4.69, 9.17) is 30.6 Å². The van der Waals surface area contributed by atoms with Gasteiger partial charge in [0.25, 0.3) is 0 Å². The van der Waals surface area contributed by atoms with Gasteiger partial charge in [0.1, 0.15) is 18.3 Å². The van der Waals surface area contributed by atoms with Gasteiger partial charge in [-0.3, -0.25) is 13.7 Å². The first-order chi connectivity index (χ1) is 18.4. The molecular weight excluding hydrogens is 576 g/mol. The second-order valence-corrected chi connectivity index (χ2v) is 13.9. The Hall–Kier alpha value is -1.96. The summed E-state index contributed by atoms with van der Waals surface area (Å²) in [4.78, 5) is 42.8. The number of hydrogen-bond donors (Lipinski definition) is 5.